The highest BCUT2D eigenvalue weighted by molar-refractivity contribution is 5.87. The number of amidine groups is 1. The molecule has 0 heterocycles. The second-order valence-corrected chi connectivity index (χ2v) is 5.49. The van der Waals surface area contributed by atoms with Crippen molar-refractivity contribution in [1.29, 1.82) is 0 Å². The van der Waals surface area contributed by atoms with E-state index in [1.807, 2.05) is 30.3 Å². The molecule has 0 aliphatic carbocycles. The van der Waals surface area contributed by atoms with Crippen molar-refractivity contribution in [3.63, 3.8) is 0 Å². The van der Waals surface area contributed by atoms with E-state index in [1.165, 1.54) is 0 Å². The third kappa shape index (κ3) is 7.11. The van der Waals surface area contributed by atoms with Gasteiger partial charge in [0.15, 0.2) is 0 Å². The van der Waals surface area contributed by atoms with Crippen LogP contribution in [-0.4, -0.2) is 37.3 Å². The largest absolute Gasteiger partial charge is 0.409 e. The fraction of sp³-hybridized carbons (Fsp3) is 0.562. The Balaban J connectivity index is 2.32. The van der Waals surface area contributed by atoms with Crippen LogP contribution in [0.25, 0.3) is 0 Å². The Kier molecular flexibility index (Phi) is 8.47. The van der Waals surface area contributed by atoms with Gasteiger partial charge in [0.1, 0.15) is 5.84 Å². The summed E-state index contributed by atoms with van der Waals surface area (Å²) in [4.78, 5) is 0. The molecule has 0 aliphatic heterocycles. The van der Waals surface area contributed by atoms with Gasteiger partial charge in [0.05, 0.1) is 12.5 Å². The molecule has 0 fully saturated rings. The van der Waals surface area contributed by atoms with Gasteiger partial charge in [-0.05, 0) is 17.9 Å². The summed E-state index contributed by atoms with van der Waals surface area (Å²) in [6.07, 6.45) is 1.08. The highest BCUT2D eigenvalue weighted by atomic mass is 16.5. The zero-order valence-corrected chi connectivity index (χ0v) is 13.0. The molecule has 0 amide bonds. The molecule has 1 aromatic rings. The molecular weight excluding hydrogens is 266 g/mol. The minimum Gasteiger partial charge on any atom is -0.409 e. The summed E-state index contributed by atoms with van der Waals surface area (Å²) in [6, 6.07) is 9.79. The molecule has 0 aromatic heterocycles. The summed E-state index contributed by atoms with van der Waals surface area (Å²) in [7, 11) is 0. The second kappa shape index (κ2) is 10.2. The van der Waals surface area contributed by atoms with Crippen molar-refractivity contribution in [1.82, 2.24) is 5.32 Å². The lowest BCUT2D eigenvalue weighted by Gasteiger charge is -2.17. The Hall–Kier alpha value is -1.59. The van der Waals surface area contributed by atoms with Crippen molar-refractivity contribution < 1.29 is 9.94 Å². The summed E-state index contributed by atoms with van der Waals surface area (Å²) in [5.74, 6) is 0.752. The minimum atomic E-state index is -0.133. The lowest BCUT2D eigenvalue weighted by atomic mass is 9.98. The number of hydrogen-bond acceptors (Lipinski definition) is 4. The number of nitrogens with zero attached hydrogens (tertiary/aromatic N) is 1. The first-order valence-corrected chi connectivity index (χ1v) is 7.46. The van der Waals surface area contributed by atoms with Crippen LogP contribution < -0.4 is 11.1 Å². The Labute approximate surface area is 127 Å². The van der Waals surface area contributed by atoms with E-state index in [0.29, 0.717) is 19.1 Å². The molecule has 0 spiro atoms. The summed E-state index contributed by atoms with van der Waals surface area (Å²) >= 11 is 0. The van der Waals surface area contributed by atoms with Gasteiger partial charge >= 0.3 is 0 Å². The van der Waals surface area contributed by atoms with E-state index < -0.39 is 0 Å². The van der Waals surface area contributed by atoms with Crippen LogP contribution in [0.15, 0.2) is 35.5 Å². The van der Waals surface area contributed by atoms with Gasteiger partial charge in [-0.15, -0.1) is 0 Å². The van der Waals surface area contributed by atoms with Gasteiger partial charge in [0.2, 0.25) is 0 Å². The number of rotatable bonds is 10. The predicted octanol–water partition coefficient (Wildman–Crippen LogP) is 2.17. The van der Waals surface area contributed by atoms with Crippen molar-refractivity contribution in [2.75, 3.05) is 26.3 Å². The zero-order chi connectivity index (χ0) is 15.5. The van der Waals surface area contributed by atoms with Crippen LogP contribution >= 0.6 is 0 Å². The van der Waals surface area contributed by atoms with E-state index in [-0.39, 0.29) is 11.8 Å². The molecule has 0 saturated heterocycles. The van der Waals surface area contributed by atoms with Crippen molar-refractivity contribution in [2.24, 2.45) is 16.8 Å². The second-order valence-electron chi connectivity index (χ2n) is 5.49. The number of nitrogens with two attached hydrogens (primary N) is 1. The lowest BCUT2D eigenvalue weighted by Crippen LogP contribution is -2.33. The first-order valence-electron chi connectivity index (χ1n) is 7.46. The van der Waals surface area contributed by atoms with Gasteiger partial charge < -0.3 is 21.0 Å². The van der Waals surface area contributed by atoms with Crippen molar-refractivity contribution in [3.05, 3.63) is 35.9 Å². The first-order chi connectivity index (χ1) is 10.1. The molecule has 0 bridgehead atoms. The highest BCUT2D eigenvalue weighted by Crippen LogP contribution is 2.14. The molecule has 5 nitrogen and oxygen atoms in total. The molecule has 0 saturated carbocycles. The SMILES string of the molecule is CC(C)CCOCCNCC(C(N)=NO)c1ccccc1. The van der Waals surface area contributed by atoms with Crippen molar-refractivity contribution >= 4 is 5.84 Å². The highest BCUT2D eigenvalue weighted by Gasteiger charge is 2.15. The third-order valence-electron chi connectivity index (χ3n) is 3.29. The van der Waals surface area contributed by atoms with Crippen LogP contribution in [0.5, 0.6) is 0 Å². The summed E-state index contributed by atoms with van der Waals surface area (Å²) in [5.41, 5.74) is 6.80. The molecular formula is C16H27N3O2. The molecule has 21 heavy (non-hydrogen) atoms. The molecule has 1 unspecified atom stereocenters. The Bertz CT molecular complexity index is 407. The molecule has 1 atom stereocenters. The number of benzene rings is 1. The fourth-order valence-corrected chi connectivity index (χ4v) is 1.96. The van der Waals surface area contributed by atoms with E-state index in [4.69, 9.17) is 15.7 Å². The maximum atomic E-state index is 8.90. The van der Waals surface area contributed by atoms with Crippen LogP contribution in [0.1, 0.15) is 31.7 Å². The number of hydrogen-bond donors (Lipinski definition) is 3. The smallest absolute Gasteiger partial charge is 0.147 e. The Morgan fingerprint density at radius 1 is 1.29 bits per heavy atom. The standard InChI is InChI=1S/C16H27N3O2/c1-13(2)8-10-21-11-9-18-12-15(16(17)19-20)14-6-4-3-5-7-14/h3-7,13,15,18,20H,8-12H2,1-2H3,(H2,17,19). The van der Waals surface area contributed by atoms with E-state index in [1.54, 1.807) is 0 Å². The average molecular weight is 293 g/mol. The van der Waals surface area contributed by atoms with E-state index >= 15 is 0 Å². The van der Waals surface area contributed by atoms with E-state index in [9.17, 15) is 0 Å². The molecule has 0 radical (unpaired) electrons. The van der Waals surface area contributed by atoms with Crippen LogP contribution in [0, 0.1) is 5.92 Å². The zero-order valence-electron chi connectivity index (χ0n) is 13.0. The first kappa shape index (κ1) is 17.5. The molecule has 5 heteroatoms. The molecule has 118 valence electrons. The van der Waals surface area contributed by atoms with Crippen molar-refractivity contribution in [2.45, 2.75) is 26.2 Å². The van der Waals surface area contributed by atoms with Crippen molar-refractivity contribution in [3.8, 4) is 0 Å². The third-order valence-corrected chi connectivity index (χ3v) is 3.29. The van der Waals surface area contributed by atoms with Gasteiger partial charge in [-0.1, -0.05) is 49.3 Å². The minimum absolute atomic E-state index is 0.133. The Morgan fingerprint density at radius 2 is 2.00 bits per heavy atom. The molecule has 1 rings (SSSR count). The van der Waals surface area contributed by atoms with E-state index in [2.05, 4.69) is 24.3 Å². The number of nitrogens with one attached hydrogen (secondary N) is 1. The van der Waals surface area contributed by atoms with E-state index in [0.717, 1.165) is 25.1 Å². The maximum Gasteiger partial charge on any atom is 0.147 e. The average Bonchev–Trinajstić information content (AvgIpc) is 2.50. The van der Waals surface area contributed by atoms with Crippen LogP contribution in [0.4, 0.5) is 0 Å². The quantitative estimate of drug-likeness (QED) is 0.203. The molecule has 4 N–H and O–H groups in total. The monoisotopic (exact) mass is 293 g/mol. The number of oxime groups is 1. The fourth-order valence-electron chi connectivity index (χ4n) is 1.96. The lowest BCUT2D eigenvalue weighted by molar-refractivity contribution is 0.125. The molecule has 1 aromatic carbocycles. The maximum absolute atomic E-state index is 8.90. The van der Waals surface area contributed by atoms with Gasteiger partial charge in [-0.3, -0.25) is 0 Å². The van der Waals surface area contributed by atoms with Gasteiger partial charge in [0.25, 0.3) is 0 Å². The van der Waals surface area contributed by atoms with Crippen LogP contribution in [0.3, 0.4) is 0 Å². The normalized spacial score (nSPS) is 13.6. The van der Waals surface area contributed by atoms with Crippen LogP contribution in [0.2, 0.25) is 0 Å². The number of ether oxygens (including phenoxy) is 1. The summed E-state index contributed by atoms with van der Waals surface area (Å²) in [6.45, 7) is 7.20. The van der Waals surface area contributed by atoms with Gasteiger partial charge in [-0.25, -0.2) is 0 Å². The van der Waals surface area contributed by atoms with Crippen LogP contribution in [-0.2, 0) is 4.74 Å². The Morgan fingerprint density at radius 3 is 2.62 bits per heavy atom. The topological polar surface area (TPSA) is 79.9 Å². The van der Waals surface area contributed by atoms with Gasteiger partial charge in [-0.2, -0.15) is 0 Å². The predicted molar refractivity (Wildman–Crippen MR) is 85.7 cm³/mol. The summed E-state index contributed by atoms with van der Waals surface area (Å²) < 4.78 is 5.55. The summed E-state index contributed by atoms with van der Waals surface area (Å²) in [5, 5.41) is 15.3. The molecule has 0 aliphatic rings. The van der Waals surface area contributed by atoms with Gasteiger partial charge in [0, 0.05) is 19.7 Å².